The Balaban J connectivity index is 2.07. The number of methoxy groups -OCH3 is 1. The summed E-state index contributed by atoms with van der Waals surface area (Å²) in [5.41, 5.74) is 9.84. The van der Waals surface area contributed by atoms with Crippen LogP contribution in [0.4, 0.5) is 0 Å². The molecule has 0 unspecified atom stereocenters. The van der Waals surface area contributed by atoms with Crippen molar-refractivity contribution in [3.63, 3.8) is 0 Å². The molecule has 2 N–H and O–H groups in total. The molecule has 0 saturated heterocycles. The minimum Gasteiger partial charge on any atom is -0.496 e. The van der Waals surface area contributed by atoms with Crippen molar-refractivity contribution in [2.75, 3.05) is 7.11 Å². The van der Waals surface area contributed by atoms with Gasteiger partial charge in [0, 0.05) is 23.8 Å². The quantitative estimate of drug-likeness (QED) is 0.801. The lowest BCUT2D eigenvalue weighted by atomic mass is 10.1. The van der Waals surface area contributed by atoms with Crippen LogP contribution in [0.2, 0.25) is 0 Å². The van der Waals surface area contributed by atoms with E-state index < -0.39 is 0 Å². The van der Waals surface area contributed by atoms with Gasteiger partial charge in [-0.25, -0.2) is 4.98 Å². The topological polar surface area (TPSA) is 52.5 Å². The van der Waals surface area contributed by atoms with Crippen LogP contribution < -0.4 is 10.5 Å². The van der Waals surface area contributed by atoms with Crippen molar-refractivity contribution in [1.82, 2.24) is 9.38 Å². The van der Waals surface area contributed by atoms with E-state index in [0.717, 1.165) is 32.6 Å². The van der Waals surface area contributed by atoms with Crippen molar-refractivity contribution in [2.45, 2.75) is 6.54 Å². The molecule has 0 saturated carbocycles. The standard InChI is InChI=1S/C15H14BrN3O/c1-20-15-3-2-10(5-14(15)16)11-4-13-6-12(7-17)18-9-19(13)8-11/h2-6,8-9H,7,17H2,1H3. The van der Waals surface area contributed by atoms with Gasteiger partial charge in [0.05, 0.1) is 23.6 Å². The highest BCUT2D eigenvalue weighted by Crippen LogP contribution is 2.31. The number of hydrogen-bond acceptors (Lipinski definition) is 3. The summed E-state index contributed by atoms with van der Waals surface area (Å²) in [4.78, 5) is 4.29. The lowest BCUT2D eigenvalue weighted by Gasteiger charge is -2.04. The minimum atomic E-state index is 0.450. The zero-order valence-electron chi connectivity index (χ0n) is 11.0. The van der Waals surface area contributed by atoms with Crippen molar-refractivity contribution in [3.05, 3.63) is 53.0 Å². The predicted octanol–water partition coefficient (Wildman–Crippen LogP) is 3.23. The van der Waals surface area contributed by atoms with E-state index in [1.165, 1.54) is 0 Å². The molecule has 1 aromatic carbocycles. The predicted molar refractivity (Wildman–Crippen MR) is 82.8 cm³/mol. The van der Waals surface area contributed by atoms with Crippen molar-refractivity contribution in [3.8, 4) is 16.9 Å². The highest BCUT2D eigenvalue weighted by Gasteiger charge is 2.06. The maximum atomic E-state index is 5.62. The van der Waals surface area contributed by atoms with E-state index in [1.807, 2.05) is 28.7 Å². The van der Waals surface area contributed by atoms with Gasteiger partial charge < -0.3 is 14.9 Å². The van der Waals surface area contributed by atoms with Crippen LogP contribution in [0.1, 0.15) is 5.69 Å². The fourth-order valence-electron chi connectivity index (χ4n) is 2.17. The lowest BCUT2D eigenvalue weighted by Crippen LogP contribution is -2.00. The molecule has 0 atom stereocenters. The van der Waals surface area contributed by atoms with Gasteiger partial charge in [-0.05, 0) is 45.8 Å². The number of fused-ring (bicyclic) bond motifs is 1. The Labute approximate surface area is 125 Å². The van der Waals surface area contributed by atoms with E-state index in [1.54, 1.807) is 13.4 Å². The summed E-state index contributed by atoms with van der Waals surface area (Å²) in [7, 11) is 1.66. The summed E-state index contributed by atoms with van der Waals surface area (Å²) >= 11 is 3.51. The first-order chi connectivity index (χ1) is 9.71. The molecule has 2 aromatic heterocycles. The third kappa shape index (κ3) is 2.30. The van der Waals surface area contributed by atoms with Gasteiger partial charge in [-0.15, -0.1) is 0 Å². The van der Waals surface area contributed by atoms with Crippen LogP contribution in [0.25, 0.3) is 16.6 Å². The van der Waals surface area contributed by atoms with Crippen LogP contribution in [0.15, 0.2) is 47.3 Å². The van der Waals surface area contributed by atoms with Gasteiger partial charge in [0.15, 0.2) is 0 Å². The maximum Gasteiger partial charge on any atom is 0.133 e. The third-order valence-corrected chi connectivity index (χ3v) is 3.86. The first-order valence-electron chi connectivity index (χ1n) is 6.22. The zero-order valence-corrected chi connectivity index (χ0v) is 12.6. The smallest absolute Gasteiger partial charge is 0.133 e. The summed E-state index contributed by atoms with van der Waals surface area (Å²) in [5, 5.41) is 0. The highest BCUT2D eigenvalue weighted by molar-refractivity contribution is 9.10. The Bertz CT molecular complexity index is 767. The molecule has 0 aliphatic carbocycles. The largest absolute Gasteiger partial charge is 0.496 e. The number of nitrogens with two attached hydrogens (primary N) is 1. The minimum absolute atomic E-state index is 0.450. The third-order valence-electron chi connectivity index (χ3n) is 3.24. The summed E-state index contributed by atoms with van der Waals surface area (Å²) < 4.78 is 8.18. The van der Waals surface area contributed by atoms with Crippen LogP contribution in [-0.2, 0) is 6.54 Å². The molecular weight excluding hydrogens is 318 g/mol. The molecule has 2 heterocycles. The molecule has 0 spiro atoms. The first kappa shape index (κ1) is 13.1. The fourth-order valence-corrected chi connectivity index (χ4v) is 2.71. The molecule has 20 heavy (non-hydrogen) atoms. The molecule has 3 rings (SSSR count). The molecule has 4 nitrogen and oxygen atoms in total. The van der Waals surface area contributed by atoms with E-state index in [4.69, 9.17) is 10.5 Å². The number of rotatable bonds is 3. The first-order valence-corrected chi connectivity index (χ1v) is 7.01. The lowest BCUT2D eigenvalue weighted by molar-refractivity contribution is 0.412. The van der Waals surface area contributed by atoms with E-state index in [2.05, 4.69) is 33.2 Å². The molecule has 0 aliphatic heterocycles. The van der Waals surface area contributed by atoms with E-state index in [0.29, 0.717) is 6.54 Å². The van der Waals surface area contributed by atoms with Crippen molar-refractivity contribution in [2.24, 2.45) is 5.73 Å². The second-order valence-corrected chi connectivity index (χ2v) is 5.35. The average molecular weight is 332 g/mol. The Morgan fingerprint density at radius 3 is 2.80 bits per heavy atom. The Hall–Kier alpha value is -1.85. The number of hydrogen-bond donors (Lipinski definition) is 1. The fraction of sp³-hybridized carbons (Fsp3) is 0.133. The van der Waals surface area contributed by atoms with Gasteiger partial charge in [0.1, 0.15) is 5.75 Å². The SMILES string of the molecule is COc1ccc(-c2cc3cc(CN)ncn3c2)cc1Br. The van der Waals surface area contributed by atoms with Crippen molar-refractivity contribution >= 4 is 21.4 Å². The molecule has 0 radical (unpaired) electrons. The van der Waals surface area contributed by atoms with Crippen molar-refractivity contribution < 1.29 is 4.74 Å². The summed E-state index contributed by atoms with van der Waals surface area (Å²) in [6.45, 7) is 0.450. The second-order valence-electron chi connectivity index (χ2n) is 4.49. The number of ether oxygens (including phenoxy) is 1. The average Bonchev–Trinajstić information content (AvgIpc) is 2.89. The van der Waals surface area contributed by atoms with Crippen LogP contribution in [0, 0.1) is 0 Å². The number of benzene rings is 1. The highest BCUT2D eigenvalue weighted by atomic mass is 79.9. The van der Waals surface area contributed by atoms with Gasteiger partial charge in [-0.2, -0.15) is 0 Å². The van der Waals surface area contributed by atoms with E-state index in [9.17, 15) is 0 Å². The Kier molecular flexibility index (Phi) is 3.46. The number of halogens is 1. The zero-order chi connectivity index (χ0) is 14.1. The second kappa shape index (κ2) is 5.26. The summed E-state index contributed by atoms with van der Waals surface area (Å²) in [6, 6.07) is 10.2. The monoisotopic (exact) mass is 331 g/mol. The normalized spacial score (nSPS) is 10.9. The van der Waals surface area contributed by atoms with Gasteiger partial charge in [0.25, 0.3) is 0 Å². The molecule has 0 bridgehead atoms. The molecule has 0 fully saturated rings. The van der Waals surface area contributed by atoms with Crippen LogP contribution in [-0.4, -0.2) is 16.5 Å². The van der Waals surface area contributed by atoms with Gasteiger partial charge >= 0.3 is 0 Å². The number of aromatic nitrogens is 2. The molecule has 0 aliphatic rings. The van der Waals surface area contributed by atoms with E-state index >= 15 is 0 Å². The summed E-state index contributed by atoms with van der Waals surface area (Å²) in [6.07, 6.45) is 3.84. The molecule has 3 aromatic rings. The summed E-state index contributed by atoms with van der Waals surface area (Å²) in [5.74, 6) is 0.824. The van der Waals surface area contributed by atoms with Crippen LogP contribution in [0.5, 0.6) is 5.75 Å². The van der Waals surface area contributed by atoms with Gasteiger partial charge in [0.2, 0.25) is 0 Å². The maximum absolute atomic E-state index is 5.62. The number of nitrogens with zero attached hydrogens (tertiary/aromatic N) is 2. The van der Waals surface area contributed by atoms with Gasteiger partial charge in [-0.3, -0.25) is 0 Å². The Morgan fingerprint density at radius 2 is 2.10 bits per heavy atom. The van der Waals surface area contributed by atoms with Gasteiger partial charge in [-0.1, -0.05) is 6.07 Å². The molecular formula is C15H14BrN3O. The van der Waals surface area contributed by atoms with E-state index in [-0.39, 0.29) is 0 Å². The van der Waals surface area contributed by atoms with Crippen molar-refractivity contribution in [1.29, 1.82) is 0 Å². The Morgan fingerprint density at radius 1 is 1.25 bits per heavy atom. The molecule has 102 valence electrons. The molecule has 0 amide bonds. The van der Waals surface area contributed by atoms with Crippen LogP contribution in [0.3, 0.4) is 0 Å². The molecule has 5 heteroatoms. The van der Waals surface area contributed by atoms with Crippen LogP contribution >= 0.6 is 15.9 Å².